The topological polar surface area (TPSA) is 46.6 Å². The number of thiophene rings is 1. The molecule has 0 radical (unpaired) electrons. The second-order valence-electron chi connectivity index (χ2n) is 4.24. The number of nitrogens with zero attached hydrogens (tertiary/aromatic N) is 1. The quantitative estimate of drug-likeness (QED) is 0.817. The molecule has 1 aromatic rings. The van der Waals surface area contributed by atoms with Gasteiger partial charge >= 0.3 is 0 Å². The Morgan fingerprint density at radius 3 is 2.89 bits per heavy atom. The lowest BCUT2D eigenvalue weighted by atomic mass is 10.1. The Labute approximate surface area is 120 Å². The van der Waals surface area contributed by atoms with Crippen molar-refractivity contribution in [1.82, 2.24) is 4.31 Å². The van der Waals surface area contributed by atoms with Crippen LogP contribution in [0.25, 0.3) is 0 Å². The maximum atomic E-state index is 12.5. The average Bonchev–Trinajstić information content (AvgIpc) is 2.96. The lowest BCUT2D eigenvalue weighted by molar-refractivity contribution is 0.181. The van der Waals surface area contributed by atoms with E-state index in [4.69, 9.17) is 4.74 Å². The van der Waals surface area contributed by atoms with Crippen LogP contribution in [0.15, 0.2) is 20.1 Å². The number of hydrogen-bond donors (Lipinski definition) is 0. The van der Waals surface area contributed by atoms with Gasteiger partial charge in [0.1, 0.15) is 4.21 Å². The minimum Gasteiger partial charge on any atom is -0.381 e. The zero-order chi connectivity index (χ0) is 13.2. The van der Waals surface area contributed by atoms with E-state index in [-0.39, 0.29) is 0 Å². The summed E-state index contributed by atoms with van der Waals surface area (Å²) in [4.78, 5) is 0. The molecular weight excluding hydrogens is 338 g/mol. The van der Waals surface area contributed by atoms with Gasteiger partial charge in [0.15, 0.2) is 0 Å². The van der Waals surface area contributed by atoms with Gasteiger partial charge in [-0.3, -0.25) is 0 Å². The summed E-state index contributed by atoms with van der Waals surface area (Å²) in [5, 5.41) is 1.78. The van der Waals surface area contributed by atoms with E-state index in [0.29, 0.717) is 34.3 Å². The van der Waals surface area contributed by atoms with E-state index in [1.54, 1.807) is 15.8 Å². The van der Waals surface area contributed by atoms with Gasteiger partial charge in [0.25, 0.3) is 10.0 Å². The predicted octanol–water partition coefficient (Wildman–Crippen LogP) is 2.56. The molecule has 0 spiro atoms. The molecule has 0 aromatic carbocycles. The molecule has 18 heavy (non-hydrogen) atoms. The molecule has 7 heteroatoms. The minimum absolute atomic E-state index is 0.318. The van der Waals surface area contributed by atoms with Crippen molar-refractivity contribution < 1.29 is 13.2 Å². The molecule has 1 aromatic heterocycles. The average molecular weight is 354 g/mol. The lowest BCUT2D eigenvalue weighted by Crippen LogP contribution is -2.35. The second-order valence-corrected chi connectivity index (χ2v) is 8.14. The summed E-state index contributed by atoms with van der Waals surface area (Å²) in [5.74, 6) is 0.318. The Kier molecular flexibility index (Phi) is 4.82. The standard InChI is InChI=1S/C11H16BrNO3S2/c1-2-13(7-9-3-5-16-8-9)18(14,15)11-10(12)4-6-17-11/h4,6,9H,2-3,5,7-8H2,1H3. The van der Waals surface area contributed by atoms with Gasteiger partial charge in [0.2, 0.25) is 0 Å². The van der Waals surface area contributed by atoms with Crippen LogP contribution in [0.1, 0.15) is 13.3 Å². The number of ether oxygens (including phenoxy) is 1. The lowest BCUT2D eigenvalue weighted by Gasteiger charge is -2.22. The van der Waals surface area contributed by atoms with E-state index >= 15 is 0 Å². The molecule has 1 aliphatic rings. The summed E-state index contributed by atoms with van der Waals surface area (Å²) in [6.45, 7) is 4.31. The summed E-state index contributed by atoms with van der Waals surface area (Å²) in [5.41, 5.74) is 0. The molecular formula is C11H16BrNO3S2. The van der Waals surface area contributed by atoms with Crippen LogP contribution in [0.2, 0.25) is 0 Å². The Bertz CT molecular complexity index is 494. The third kappa shape index (κ3) is 2.96. The third-order valence-corrected chi connectivity index (χ3v) is 7.59. The molecule has 0 bridgehead atoms. The Hall–Kier alpha value is 0.0500. The highest BCUT2D eigenvalue weighted by atomic mass is 79.9. The SMILES string of the molecule is CCN(CC1CCOC1)S(=O)(=O)c1sccc1Br. The Balaban J connectivity index is 2.18. The van der Waals surface area contributed by atoms with Crippen molar-refractivity contribution in [2.45, 2.75) is 17.6 Å². The van der Waals surface area contributed by atoms with Crippen LogP contribution in [0.3, 0.4) is 0 Å². The summed E-state index contributed by atoms with van der Waals surface area (Å²) < 4.78 is 32.9. The monoisotopic (exact) mass is 353 g/mol. The molecule has 102 valence electrons. The van der Waals surface area contributed by atoms with Gasteiger partial charge in [-0.1, -0.05) is 6.92 Å². The first-order valence-corrected chi connectivity index (χ1v) is 8.98. The summed E-state index contributed by atoms with van der Waals surface area (Å²) in [6.07, 6.45) is 0.942. The van der Waals surface area contributed by atoms with Gasteiger partial charge < -0.3 is 4.74 Å². The van der Waals surface area contributed by atoms with Crippen molar-refractivity contribution in [1.29, 1.82) is 0 Å². The fourth-order valence-electron chi connectivity index (χ4n) is 1.99. The van der Waals surface area contributed by atoms with Crippen LogP contribution in [-0.4, -0.2) is 39.0 Å². The molecule has 1 atom stereocenters. The van der Waals surface area contributed by atoms with Crippen molar-refractivity contribution in [3.05, 3.63) is 15.9 Å². The van der Waals surface area contributed by atoms with Gasteiger partial charge in [0.05, 0.1) is 6.61 Å². The summed E-state index contributed by atoms with van der Waals surface area (Å²) in [6, 6.07) is 1.77. The third-order valence-electron chi connectivity index (χ3n) is 3.00. The molecule has 0 saturated carbocycles. The molecule has 1 unspecified atom stereocenters. The van der Waals surface area contributed by atoms with Crippen LogP contribution in [0.4, 0.5) is 0 Å². The summed E-state index contributed by atoms with van der Waals surface area (Å²) >= 11 is 4.54. The first kappa shape index (κ1) is 14.5. The van der Waals surface area contributed by atoms with Crippen molar-refractivity contribution >= 4 is 37.3 Å². The molecule has 1 fully saturated rings. The zero-order valence-corrected chi connectivity index (χ0v) is 13.4. The highest BCUT2D eigenvalue weighted by Crippen LogP contribution is 2.31. The van der Waals surface area contributed by atoms with Gasteiger partial charge in [-0.2, -0.15) is 4.31 Å². The molecule has 2 heterocycles. The van der Waals surface area contributed by atoms with Gasteiger partial charge in [-0.05, 0) is 39.7 Å². The molecule has 4 nitrogen and oxygen atoms in total. The van der Waals surface area contributed by atoms with Crippen molar-refractivity contribution in [3.63, 3.8) is 0 Å². The first-order chi connectivity index (χ1) is 8.55. The molecule has 0 N–H and O–H groups in total. The van der Waals surface area contributed by atoms with Gasteiger partial charge in [-0.15, -0.1) is 11.3 Å². The number of halogens is 1. The van der Waals surface area contributed by atoms with E-state index < -0.39 is 10.0 Å². The predicted molar refractivity (Wildman–Crippen MR) is 75.4 cm³/mol. The van der Waals surface area contributed by atoms with Crippen molar-refractivity contribution in [3.8, 4) is 0 Å². The molecule has 1 aliphatic heterocycles. The van der Waals surface area contributed by atoms with Gasteiger partial charge in [0, 0.05) is 24.2 Å². The van der Waals surface area contributed by atoms with E-state index in [1.807, 2.05) is 6.92 Å². The molecule has 1 saturated heterocycles. The van der Waals surface area contributed by atoms with Crippen molar-refractivity contribution in [2.75, 3.05) is 26.3 Å². The maximum Gasteiger partial charge on any atom is 0.253 e. The highest BCUT2D eigenvalue weighted by molar-refractivity contribution is 9.10. The van der Waals surface area contributed by atoms with E-state index in [2.05, 4.69) is 15.9 Å². The summed E-state index contributed by atoms with van der Waals surface area (Å²) in [7, 11) is -3.38. The van der Waals surface area contributed by atoms with E-state index in [1.165, 1.54) is 11.3 Å². The van der Waals surface area contributed by atoms with Crippen LogP contribution >= 0.6 is 27.3 Å². The normalized spacial score (nSPS) is 20.7. The highest BCUT2D eigenvalue weighted by Gasteiger charge is 2.29. The van der Waals surface area contributed by atoms with Gasteiger partial charge in [-0.25, -0.2) is 8.42 Å². The Morgan fingerprint density at radius 2 is 2.39 bits per heavy atom. The minimum atomic E-state index is -3.38. The van der Waals surface area contributed by atoms with E-state index in [9.17, 15) is 8.42 Å². The largest absolute Gasteiger partial charge is 0.381 e. The molecule has 2 rings (SSSR count). The smallest absolute Gasteiger partial charge is 0.253 e. The Morgan fingerprint density at radius 1 is 1.61 bits per heavy atom. The fourth-order valence-corrected chi connectivity index (χ4v) is 5.97. The zero-order valence-electron chi connectivity index (χ0n) is 10.1. The van der Waals surface area contributed by atoms with Crippen LogP contribution < -0.4 is 0 Å². The molecule has 0 amide bonds. The van der Waals surface area contributed by atoms with Crippen LogP contribution in [-0.2, 0) is 14.8 Å². The fraction of sp³-hybridized carbons (Fsp3) is 0.636. The first-order valence-electron chi connectivity index (χ1n) is 5.86. The second kappa shape index (κ2) is 6.00. The van der Waals surface area contributed by atoms with Crippen molar-refractivity contribution in [2.24, 2.45) is 5.92 Å². The van der Waals surface area contributed by atoms with E-state index in [0.717, 1.165) is 13.0 Å². The number of rotatable bonds is 5. The van der Waals surface area contributed by atoms with Crippen LogP contribution in [0, 0.1) is 5.92 Å². The maximum absolute atomic E-state index is 12.5. The molecule has 0 aliphatic carbocycles. The van der Waals surface area contributed by atoms with Crippen LogP contribution in [0.5, 0.6) is 0 Å². The number of hydrogen-bond acceptors (Lipinski definition) is 4. The number of sulfonamides is 1.